The van der Waals surface area contributed by atoms with E-state index < -0.39 is 0 Å². The van der Waals surface area contributed by atoms with Gasteiger partial charge in [0, 0.05) is 5.41 Å². The van der Waals surface area contributed by atoms with Crippen LogP contribution in [0.2, 0.25) is 0 Å². The molecule has 68 valence electrons. The molecule has 1 unspecified atom stereocenters. The molecule has 0 radical (unpaired) electrons. The Bertz CT molecular complexity index is 225. The second kappa shape index (κ2) is 2.72. The van der Waals surface area contributed by atoms with Gasteiger partial charge in [0.05, 0.1) is 0 Å². The molecule has 1 atom stereocenters. The van der Waals surface area contributed by atoms with Crippen LogP contribution in [0.15, 0.2) is 12.2 Å². The van der Waals surface area contributed by atoms with Crippen LogP contribution in [0.5, 0.6) is 0 Å². The largest absolute Gasteiger partial charge is 0.299 e. The highest BCUT2D eigenvalue weighted by Gasteiger charge is 2.43. The first kappa shape index (κ1) is 9.50. The first-order valence-corrected chi connectivity index (χ1v) is 4.59. The minimum Gasteiger partial charge on any atom is -0.299 e. The molecule has 1 heteroatoms. The molecule has 0 saturated heterocycles. The summed E-state index contributed by atoms with van der Waals surface area (Å²) in [5, 5.41) is 0. The van der Waals surface area contributed by atoms with E-state index in [1.807, 2.05) is 0 Å². The molecule has 1 aliphatic rings. The zero-order valence-corrected chi connectivity index (χ0v) is 8.48. The minimum atomic E-state index is -0.151. The normalized spacial score (nSPS) is 33.3. The molecule has 0 bridgehead atoms. The Morgan fingerprint density at radius 3 is 2.25 bits per heavy atom. The molecule has 0 saturated carbocycles. The van der Waals surface area contributed by atoms with Gasteiger partial charge in [-0.2, -0.15) is 0 Å². The molecule has 0 N–H and O–H groups in total. The number of rotatable bonds is 1. The van der Waals surface area contributed by atoms with E-state index >= 15 is 0 Å². The minimum absolute atomic E-state index is 0.0249. The van der Waals surface area contributed by atoms with Crippen LogP contribution in [0.1, 0.15) is 40.5 Å². The van der Waals surface area contributed by atoms with Crippen molar-refractivity contribution in [3.8, 4) is 0 Å². The number of allylic oxidation sites excluding steroid dienone is 2. The highest BCUT2D eigenvalue weighted by molar-refractivity contribution is 5.83. The quantitative estimate of drug-likeness (QED) is 0.547. The van der Waals surface area contributed by atoms with Crippen LogP contribution in [0.25, 0.3) is 0 Å². The van der Waals surface area contributed by atoms with Crippen molar-refractivity contribution in [2.75, 3.05) is 0 Å². The maximum atomic E-state index is 11.5. The average molecular weight is 166 g/mol. The fourth-order valence-corrected chi connectivity index (χ4v) is 1.89. The lowest BCUT2D eigenvalue weighted by Gasteiger charge is -2.43. The van der Waals surface area contributed by atoms with E-state index in [0.29, 0.717) is 5.78 Å². The standard InChI is InChI=1S/C11H18O/c1-9(12)11(4)8-6-5-7-10(11,2)3/h5,7H,6,8H2,1-4H3. The first-order chi connectivity index (χ1) is 5.40. The molecule has 1 aliphatic carbocycles. The summed E-state index contributed by atoms with van der Waals surface area (Å²) in [4.78, 5) is 11.5. The molecule has 12 heavy (non-hydrogen) atoms. The highest BCUT2D eigenvalue weighted by atomic mass is 16.1. The Kier molecular flexibility index (Phi) is 2.15. The van der Waals surface area contributed by atoms with E-state index in [1.165, 1.54) is 0 Å². The summed E-state index contributed by atoms with van der Waals surface area (Å²) in [5.41, 5.74) is -0.126. The summed E-state index contributed by atoms with van der Waals surface area (Å²) >= 11 is 0. The third-order valence-corrected chi connectivity index (χ3v) is 3.54. The van der Waals surface area contributed by atoms with E-state index in [9.17, 15) is 4.79 Å². The zero-order valence-electron chi connectivity index (χ0n) is 8.48. The van der Waals surface area contributed by atoms with E-state index in [1.54, 1.807) is 6.92 Å². The van der Waals surface area contributed by atoms with Crippen molar-refractivity contribution >= 4 is 5.78 Å². The van der Waals surface area contributed by atoms with Gasteiger partial charge in [-0.25, -0.2) is 0 Å². The Balaban J connectivity index is 3.04. The summed E-state index contributed by atoms with van der Waals surface area (Å²) in [5.74, 6) is 0.317. The molecule has 0 aromatic heterocycles. The monoisotopic (exact) mass is 166 g/mol. The molecule has 0 amide bonds. The first-order valence-electron chi connectivity index (χ1n) is 4.59. The van der Waals surface area contributed by atoms with Crippen LogP contribution in [0, 0.1) is 10.8 Å². The lowest BCUT2D eigenvalue weighted by molar-refractivity contribution is -0.131. The summed E-state index contributed by atoms with van der Waals surface area (Å²) in [6.45, 7) is 8.08. The number of ketones is 1. The van der Waals surface area contributed by atoms with Gasteiger partial charge in [0.2, 0.25) is 0 Å². The Morgan fingerprint density at radius 1 is 1.33 bits per heavy atom. The van der Waals surface area contributed by atoms with E-state index in [2.05, 4.69) is 32.9 Å². The van der Waals surface area contributed by atoms with Crippen molar-refractivity contribution in [2.24, 2.45) is 10.8 Å². The maximum Gasteiger partial charge on any atom is 0.136 e. The lowest BCUT2D eigenvalue weighted by Crippen LogP contribution is -2.41. The lowest BCUT2D eigenvalue weighted by atomic mass is 9.60. The summed E-state index contributed by atoms with van der Waals surface area (Å²) < 4.78 is 0. The number of Topliss-reactive ketones (excluding diaryl/α,β-unsaturated/α-hetero) is 1. The van der Waals surface area contributed by atoms with Crippen molar-refractivity contribution < 1.29 is 4.79 Å². The average Bonchev–Trinajstić information content (AvgIpc) is 1.95. The summed E-state index contributed by atoms with van der Waals surface area (Å²) in [6.07, 6.45) is 6.40. The maximum absolute atomic E-state index is 11.5. The van der Waals surface area contributed by atoms with Gasteiger partial charge in [-0.15, -0.1) is 0 Å². The van der Waals surface area contributed by atoms with Crippen molar-refractivity contribution in [3.05, 3.63) is 12.2 Å². The topological polar surface area (TPSA) is 17.1 Å². The van der Waals surface area contributed by atoms with E-state index in [-0.39, 0.29) is 10.8 Å². The van der Waals surface area contributed by atoms with Crippen molar-refractivity contribution in [2.45, 2.75) is 40.5 Å². The second-order valence-corrected chi connectivity index (χ2v) is 4.55. The van der Waals surface area contributed by atoms with E-state index in [4.69, 9.17) is 0 Å². The van der Waals surface area contributed by atoms with Crippen molar-refractivity contribution in [1.29, 1.82) is 0 Å². The van der Waals surface area contributed by atoms with Gasteiger partial charge in [0.15, 0.2) is 0 Å². The third-order valence-electron chi connectivity index (χ3n) is 3.54. The fourth-order valence-electron chi connectivity index (χ4n) is 1.89. The van der Waals surface area contributed by atoms with Gasteiger partial charge < -0.3 is 0 Å². The number of hydrogen-bond donors (Lipinski definition) is 0. The van der Waals surface area contributed by atoms with Crippen LogP contribution in [-0.2, 0) is 4.79 Å². The predicted molar refractivity (Wildman–Crippen MR) is 50.9 cm³/mol. The Morgan fingerprint density at radius 2 is 1.92 bits per heavy atom. The van der Waals surface area contributed by atoms with Gasteiger partial charge in [0.1, 0.15) is 5.78 Å². The molecule has 0 heterocycles. The summed E-state index contributed by atoms with van der Waals surface area (Å²) in [6, 6.07) is 0. The molecule has 1 rings (SSSR count). The van der Waals surface area contributed by atoms with Crippen LogP contribution >= 0.6 is 0 Å². The van der Waals surface area contributed by atoms with Crippen LogP contribution in [0.4, 0.5) is 0 Å². The number of carbonyl (C=O) groups is 1. The molecule has 0 aliphatic heterocycles. The zero-order chi connectivity index (χ0) is 9.41. The Labute approximate surface area is 74.9 Å². The molecular formula is C11H18O. The van der Waals surface area contributed by atoms with Crippen LogP contribution in [0.3, 0.4) is 0 Å². The molecular weight excluding hydrogens is 148 g/mol. The SMILES string of the molecule is CC(=O)C1(C)CCC=CC1(C)C. The molecule has 0 aromatic carbocycles. The van der Waals surface area contributed by atoms with Crippen LogP contribution < -0.4 is 0 Å². The summed E-state index contributed by atoms with van der Waals surface area (Å²) in [7, 11) is 0. The highest BCUT2D eigenvalue weighted by Crippen LogP contribution is 2.47. The van der Waals surface area contributed by atoms with Gasteiger partial charge in [-0.3, -0.25) is 4.79 Å². The van der Waals surface area contributed by atoms with Gasteiger partial charge in [-0.05, 0) is 25.2 Å². The molecule has 1 nitrogen and oxygen atoms in total. The Hall–Kier alpha value is -0.590. The molecule has 0 aromatic rings. The van der Waals surface area contributed by atoms with E-state index in [0.717, 1.165) is 12.8 Å². The third kappa shape index (κ3) is 1.21. The molecule has 0 fully saturated rings. The number of hydrogen-bond acceptors (Lipinski definition) is 1. The number of carbonyl (C=O) groups excluding carboxylic acids is 1. The molecule has 0 spiro atoms. The van der Waals surface area contributed by atoms with Crippen molar-refractivity contribution in [3.63, 3.8) is 0 Å². The smallest absolute Gasteiger partial charge is 0.136 e. The van der Waals surface area contributed by atoms with Gasteiger partial charge in [-0.1, -0.05) is 32.9 Å². The fraction of sp³-hybridized carbons (Fsp3) is 0.727. The van der Waals surface area contributed by atoms with Gasteiger partial charge in [0.25, 0.3) is 0 Å². The van der Waals surface area contributed by atoms with Gasteiger partial charge >= 0.3 is 0 Å². The van der Waals surface area contributed by atoms with Crippen LogP contribution in [-0.4, -0.2) is 5.78 Å². The predicted octanol–water partition coefficient (Wildman–Crippen LogP) is 2.96. The van der Waals surface area contributed by atoms with Crippen molar-refractivity contribution in [1.82, 2.24) is 0 Å². The second-order valence-electron chi connectivity index (χ2n) is 4.55.